The van der Waals surface area contributed by atoms with Crippen LogP contribution in [0, 0.1) is 0 Å². The van der Waals surface area contributed by atoms with Gasteiger partial charge in [0.25, 0.3) is 0 Å². The first-order valence-corrected chi connectivity index (χ1v) is 48.7. The van der Waals surface area contributed by atoms with Crippen molar-refractivity contribution in [1.29, 1.82) is 0 Å². The van der Waals surface area contributed by atoms with Crippen molar-refractivity contribution in [1.82, 2.24) is 64.8 Å². The van der Waals surface area contributed by atoms with Crippen LogP contribution in [0.2, 0.25) is 0 Å². The van der Waals surface area contributed by atoms with Crippen LogP contribution < -0.4 is 0 Å². The molecule has 10 heterocycles. The van der Waals surface area contributed by atoms with Crippen LogP contribution in [-0.2, 0) is 0 Å². The van der Waals surface area contributed by atoms with E-state index in [1.165, 1.54) is 49.5 Å². The zero-order valence-electron chi connectivity index (χ0n) is 78.9. The second kappa shape index (κ2) is 39.1. The van der Waals surface area contributed by atoms with E-state index in [0.717, 1.165) is 194 Å². The summed E-state index contributed by atoms with van der Waals surface area (Å²) < 4.78 is 0. The molecule has 0 amide bonds. The molecule has 0 aliphatic rings. The molecule has 682 valence electrons. The molecule has 0 aliphatic heterocycles. The van der Waals surface area contributed by atoms with Gasteiger partial charge < -0.3 is 0 Å². The highest BCUT2D eigenvalue weighted by molar-refractivity contribution is 6.21. The molecule has 27 rings (SSSR count). The number of nitrogens with zero attached hydrogens (tertiary/aromatic N) is 13. The third-order valence-corrected chi connectivity index (χ3v) is 27.0. The van der Waals surface area contributed by atoms with Gasteiger partial charge in [0.05, 0.1) is 67.4 Å². The maximum Gasteiger partial charge on any atom is 0.164 e. The van der Waals surface area contributed by atoms with Crippen molar-refractivity contribution in [2.24, 2.45) is 0 Å². The second-order valence-corrected chi connectivity index (χ2v) is 35.9. The molecule has 0 aliphatic carbocycles. The minimum Gasteiger partial charge on any atom is -0.265 e. The molecule has 0 fully saturated rings. The summed E-state index contributed by atoms with van der Waals surface area (Å²) in [5.74, 6) is 2.63. The first-order valence-electron chi connectivity index (χ1n) is 48.7. The third-order valence-electron chi connectivity index (χ3n) is 27.0. The number of benzene rings is 17. The highest BCUT2D eigenvalue weighted by Gasteiger charge is 2.24. The third kappa shape index (κ3) is 17.5. The highest BCUT2D eigenvalue weighted by atomic mass is 15.0. The number of pyridine rings is 8. The Kier molecular flexibility index (Phi) is 23.4. The zero-order valence-corrected chi connectivity index (χ0v) is 78.9. The summed E-state index contributed by atoms with van der Waals surface area (Å²) in [5, 5.41) is 12.4. The Bertz CT molecular complexity index is 9040. The molecular weight excluding hydrogens is 1780 g/mol. The summed E-state index contributed by atoms with van der Waals surface area (Å²) in [6.07, 6.45) is 11.0. The maximum atomic E-state index is 5.29. The molecular formula is C133H85N13. The van der Waals surface area contributed by atoms with E-state index in [1.54, 1.807) is 6.20 Å². The summed E-state index contributed by atoms with van der Waals surface area (Å²) >= 11 is 0. The molecule has 13 heteroatoms. The van der Waals surface area contributed by atoms with Gasteiger partial charge in [0, 0.05) is 158 Å². The second-order valence-electron chi connectivity index (χ2n) is 35.9. The van der Waals surface area contributed by atoms with E-state index in [4.69, 9.17) is 49.8 Å². The standard InChI is InChI=1S/C46H30N4.C45H29N5.C42H26N4/c1-4-11-32(12-5-1)38-17-10-18-40-44(38)39-24-23-37(29-43(39)48-45(40)35-25-27-47-28-26-35)31-19-21-34(22-20-31)42-30-41(33-13-6-2-7-14-33)49-46(50-42)36-15-8-3-9-16-36;1-4-11-31(12-5-1)37-17-10-18-39-41(37)38-24-23-36(29-40(38)47-42(39)32-25-27-46-28-26-32)30-19-21-35(22-20-30)45-49-43(33-13-6-2-7-14-33)48-44(50-45)34-15-8-3-9-16-34;1-3-9-27(10-4-1)33-14-7-15-35-39(33)34-21-18-31(25-38(34)46-40(35)32-13-8-24-43-26-32)37-23-20-30-17-16-29-19-22-36(28-11-5-2-6-12-28)44-41(29)42(30)45-37/h1-30H;1-29H;1-26H. The van der Waals surface area contributed by atoms with Gasteiger partial charge in [-0.1, -0.05) is 406 Å². The largest absolute Gasteiger partial charge is 0.265 e. The van der Waals surface area contributed by atoms with Gasteiger partial charge in [-0.15, -0.1) is 0 Å². The topological polar surface area (TPSA) is 168 Å². The fourth-order valence-electron chi connectivity index (χ4n) is 19.8. The zero-order chi connectivity index (χ0) is 97.0. The highest BCUT2D eigenvalue weighted by Crippen LogP contribution is 2.46. The van der Waals surface area contributed by atoms with Crippen LogP contribution in [0.4, 0.5) is 0 Å². The molecule has 13 nitrogen and oxygen atoms in total. The van der Waals surface area contributed by atoms with Gasteiger partial charge in [0.2, 0.25) is 0 Å². The van der Waals surface area contributed by atoms with E-state index in [9.17, 15) is 0 Å². The van der Waals surface area contributed by atoms with Crippen molar-refractivity contribution < 1.29 is 0 Å². The van der Waals surface area contributed by atoms with E-state index in [2.05, 4.69) is 349 Å². The van der Waals surface area contributed by atoms with Crippen molar-refractivity contribution >= 4 is 86.8 Å². The average Bonchev–Trinajstić information content (AvgIpc) is 0.749. The number of aromatic nitrogens is 13. The van der Waals surface area contributed by atoms with Crippen molar-refractivity contribution in [2.75, 3.05) is 0 Å². The molecule has 27 aromatic rings. The lowest BCUT2D eigenvalue weighted by Crippen LogP contribution is -2.00. The van der Waals surface area contributed by atoms with Gasteiger partial charge >= 0.3 is 0 Å². The van der Waals surface area contributed by atoms with E-state index in [0.29, 0.717) is 23.3 Å². The molecule has 0 radical (unpaired) electrons. The molecule has 146 heavy (non-hydrogen) atoms. The normalized spacial score (nSPS) is 11.3. The van der Waals surface area contributed by atoms with Crippen LogP contribution in [0.25, 0.3) is 267 Å². The molecule has 17 aromatic carbocycles. The Balaban J connectivity index is 0.000000114. The van der Waals surface area contributed by atoms with E-state index >= 15 is 0 Å². The van der Waals surface area contributed by atoms with Crippen LogP contribution in [0.3, 0.4) is 0 Å². The quantitative estimate of drug-likeness (QED) is 0.0839. The number of fused-ring (bicyclic) bond motifs is 12. The van der Waals surface area contributed by atoms with Crippen LogP contribution in [0.1, 0.15) is 0 Å². The molecule has 0 N–H and O–H groups in total. The van der Waals surface area contributed by atoms with E-state index in [-0.39, 0.29) is 0 Å². The minimum absolute atomic E-state index is 0.631. The Morgan fingerprint density at radius 1 is 0.137 bits per heavy atom. The molecule has 0 saturated carbocycles. The van der Waals surface area contributed by atoms with Crippen LogP contribution in [0.15, 0.2) is 516 Å². The van der Waals surface area contributed by atoms with Crippen molar-refractivity contribution in [3.05, 3.63) is 516 Å². The van der Waals surface area contributed by atoms with E-state index in [1.807, 2.05) is 177 Å². The summed E-state index contributed by atoms with van der Waals surface area (Å²) in [4.78, 5) is 63.7. The lowest BCUT2D eigenvalue weighted by atomic mass is 9.92. The Morgan fingerprint density at radius 3 is 0.801 bits per heavy atom. The molecule has 0 bridgehead atoms. The predicted molar refractivity (Wildman–Crippen MR) is 598 cm³/mol. The fourth-order valence-corrected chi connectivity index (χ4v) is 19.8. The maximum absolute atomic E-state index is 5.29. The summed E-state index contributed by atoms with van der Waals surface area (Å²) in [5.41, 5.74) is 33.5. The Hall–Kier alpha value is -19.9. The molecule has 0 saturated heterocycles. The number of rotatable bonds is 16. The van der Waals surface area contributed by atoms with E-state index < -0.39 is 0 Å². The SMILES string of the molecule is c1ccc(-c2cc(-c3ccc(-c4ccc5c(c4)nc(-c4ccncc4)c4cccc(-c6ccccc6)c45)cc3)nc(-c3ccccc3)n2)cc1.c1ccc(-c2ccc3ccc4ccc(-c5ccc6c(c5)nc(-c5cccnc5)c5cccc(-c7ccccc7)c56)nc4c3n2)cc1.c1ccc(-c2nc(-c3ccccc3)nc(-c3ccc(-c4ccc5c(c4)nc(-c4ccncc4)c4cccc(-c6ccccc6)c45)cc3)n2)cc1. The first-order chi connectivity index (χ1) is 72.4. The molecule has 10 aromatic heterocycles. The number of hydrogen-bond acceptors (Lipinski definition) is 13. The van der Waals surface area contributed by atoms with Crippen molar-refractivity contribution in [3.8, 4) is 180 Å². The number of hydrogen-bond donors (Lipinski definition) is 0. The average molecular weight is 1870 g/mol. The first kappa shape index (κ1) is 87.6. The van der Waals surface area contributed by atoms with Crippen molar-refractivity contribution in [3.63, 3.8) is 0 Å². The van der Waals surface area contributed by atoms with Gasteiger partial charge in [-0.2, -0.15) is 0 Å². The molecule has 0 unspecified atom stereocenters. The molecule has 0 atom stereocenters. The lowest BCUT2D eigenvalue weighted by Gasteiger charge is -2.15. The van der Waals surface area contributed by atoms with Gasteiger partial charge in [-0.05, 0) is 128 Å². The Labute approximate surface area is 842 Å². The van der Waals surface area contributed by atoms with Crippen LogP contribution in [-0.4, -0.2) is 64.8 Å². The van der Waals surface area contributed by atoms with Gasteiger partial charge in [0.15, 0.2) is 23.3 Å². The smallest absolute Gasteiger partial charge is 0.164 e. The summed E-state index contributed by atoms with van der Waals surface area (Å²) in [6, 6.07) is 166. The van der Waals surface area contributed by atoms with Crippen LogP contribution >= 0.6 is 0 Å². The summed E-state index contributed by atoms with van der Waals surface area (Å²) in [7, 11) is 0. The molecule has 0 spiro atoms. The van der Waals surface area contributed by atoms with Crippen LogP contribution in [0.5, 0.6) is 0 Å². The van der Waals surface area contributed by atoms with Gasteiger partial charge in [0.1, 0.15) is 0 Å². The van der Waals surface area contributed by atoms with Crippen molar-refractivity contribution in [2.45, 2.75) is 0 Å². The van der Waals surface area contributed by atoms with Gasteiger partial charge in [-0.3, -0.25) is 15.0 Å². The summed E-state index contributed by atoms with van der Waals surface area (Å²) in [6.45, 7) is 0. The monoisotopic (exact) mass is 1860 g/mol. The fraction of sp³-hybridized carbons (Fsp3) is 0. The lowest BCUT2D eigenvalue weighted by molar-refractivity contribution is 1.07. The minimum atomic E-state index is 0.631. The predicted octanol–water partition coefficient (Wildman–Crippen LogP) is 33.1. The van der Waals surface area contributed by atoms with Gasteiger partial charge in [-0.25, -0.2) is 49.8 Å². The Morgan fingerprint density at radius 2 is 0.425 bits per heavy atom.